The van der Waals surface area contributed by atoms with E-state index >= 15 is 0 Å². The Kier molecular flexibility index (Phi) is 4.24. The third kappa shape index (κ3) is 2.97. The summed E-state index contributed by atoms with van der Waals surface area (Å²) < 4.78 is 5.22. The molecular formula is C14H19NO4. The highest BCUT2D eigenvalue weighted by Gasteiger charge is 2.32. The third-order valence-corrected chi connectivity index (χ3v) is 3.71. The van der Waals surface area contributed by atoms with Gasteiger partial charge in [-0.3, -0.25) is 9.59 Å². The van der Waals surface area contributed by atoms with E-state index in [0.717, 1.165) is 19.3 Å². The van der Waals surface area contributed by atoms with Gasteiger partial charge in [-0.2, -0.15) is 0 Å². The molecule has 1 aromatic heterocycles. The number of carboxylic acid groups (broad SMARTS) is 1. The summed E-state index contributed by atoms with van der Waals surface area (Å²) in [6, 6.07) is 1.35. The Morgan fingerprint density at radius 3 is 2.84 bits per heavy atom. The van der Waals surface area contributed by atoms with Gasteiger partial charge in [0.2, 0.25) is 0 Å². The molecule has 2 N–H and O–H groups in total. The Balaban J connectivity index is 2.07. The number of aliphatic carboxylic acids is 1. The van der Waals surface area contributed by atoms with E-state index in [2.05, 4.69) is 5.32 Å². The monoisotopic (exact) mass is 265 g/mol. The third-order valence-electron chi connectivity index (χ3n) is 3.71. The maximum absolute atomic E-state index is 12.2. The zero-order chi connectivity index (χ0) is 13.8. The van der Waals surface area contributed by atoms with E-state index < -0.39 is 11.9 Å². The summed E-state index contributed by atoms with van der Waals surface area (Å²) >= 11 is 0. The molecule has 0 radical (unpaired) electrons. The zero-order valence-electron chi connectivity index (χ0n) is 11.0. The van der Waals surface area contributed by atoms with Crippen LogP contribution in [0.15, 0.2) is 16.7 Å². The van der Waals surface area contributed by atoms with Crippen molar-refractivity contribution in [3.63, 3.8) is 0 Å². The normalized spacial score (nSPS) is 23.0. The standard InChI is InChI=1S/C14H19NO4/c1-2-12-10(7-8-19-12)13(16)15-11-6-4-3-5-9(11)14(17)18/h7-9,11H,2-6H2,1H3,(H,15,16)(H,17,18). The molecule has 1 saturated carbocycles. The van der Waals surface area contributed by atoms with Crippen molar-refractivity contribution in [2.24, 2.45) is 5.92 Å². The fourth-order valence-corrected chi connectivity index (χ4v) is 2.66. The molecule has 1 aromatic rings. The first-order chi connectivity index (χ1) is 9.13. The quantitative estimate of drug-likeness (QED) is 0.874. The van der Waals surface area contributed by atoms with E-state index in [-0.39, 0.29) is 11.9 Å². The first kappa shape index (κ1) is 13.6. The molecule has 1 heterocycles. The van der Waals surface area contributed by atoms with Gasteiger partial charge in [0, 0.05) is 12.5 Å². The summed E-state index contributed by atoms with van der Waals surface area (Å²) in [5.41, 5.74) is 0.511. The number of furan rings is 1. The number of carbonyl (C=O) groups is 2. The number of amides is 1. The largest absolute Gasteiger partial charge is 0.481 e. The summed E-state index contributed by atoms with van der Waals surface area (Å²) in [7, 11) is 0. The van der Waals surface area contributed by atoms with Crippen LogP contribution in [0.1, 0.15) is 48.7 Å². The summed E-state index contributed by atoms with van der Waals surface area (Å²) in [6.07, 6.45) is 5.36. The summed E-state index contributed by atoms with van der Waals surface area (Å²) in [4.78, 5) is 23.3. The van der Waals surface area contributed by atoms with Gasteiger partial charge in [-0.15, -0.1) is 0 Å². The molecule has 5 nitrogen and oxygen atoms in total. The van der Waals surface area contributed by atoms with Crippen molar-refractivity contribution in [2.75, 3.05) is 0 Å². The average molecular weight is 265 g/mol. The van der Waals surface area contributed by atoms with E-state index in [1.807, 2.05) is 6.92 Å². The Bertz CT molecular complexity index is 466. The minimum Gasteiger partial charge on any atom is -0.481 e. The number of hydrogen-bond acceptors (Lipinski definition) is 3. The van der Waals surface area contributed by atoms with Crippen LogP contribution in [-0.2, 0) is 11.2 Å². The van der Waals surface area contributed by atoms with Crippen LogP contribution in [0.25, 0.3) is 0 Å². The Labute approximate surface area is 112 Å². The first-order valence-corrected chi connectivity index (χ1v) is 6.73. The van der Waals surface area contributed by atoms with Crippen molar-refractivity contribution in [2.45, 2.75) is 45.1 Å². The molecule has 104 valence electrons. The smallest absolute Gasteiger partial charge is 0.308 e. The van der Waals surface area contributed by atoms with Crippen molar-refractivity contribution in [1.82, 2.24) is 5.32 Å². The Morgan fingerprint density at radius 2 is 2.16 bits per heavy atom. The highest BCUT2D eigenvalue weighted by molar-refractivity contribution is 5.95. The number of aryl methyl sites for hydroxylation is 1. The zero-order valence-corrected chi connectivity index (χ0v) is 11.0. The van der Waals surface area contributed by atoms with Crippen LogP contribution in [0, 0.1) is 5.92 Å². The molecule has 0 bridgehead atoms. The van der Waals surface area contributed by atoms with E-state index in [0.29, 0.717) is 24.2 Å². The number of hydrogen-bond donors (Lipinski definition) is 2. The molecular weight excluding hydrogens is 246 g/mol. The van der Waals surface area contributed by atoms with Gasteiger partial charge in [-0.25, -0.2) is 0 Å². The van der Waals surface area contributed by atoms with Crippen LogP contribution in [0.4, 0.5) is 0 Å². The van der Waals surface area contributed by atoms with E-state index in [4.69, 9.17) is 4.42 Å². The topological polar surface area (TPSA) is 79.5 Å². The van der Waals surface area contributed by atoms with Crippen molar-refractivity contribution in [1.29, 1.82) is 0 Å². The highest BCUT2D eigenvalue weighted by Crippen LogP contribution is 2.25. The summed E-state index contributed by atoms with van der Waals surface area (Å²) in [5, 5.41) is 12.0. The second-order valence-corrected chi connectivity index (χ2v) is 4.92. The highest BCUT2D eigenvalue weighted by atomic mass is 16.4. The second-order valence-electron chi connectivity index (χ2n) is 4.92. The lowest BCUT2D eigenvalue weighted by atomic mass is 9.84. The van der Waals surface area contributed by atoms with Crippen molar-refractivity contribution < 1.29 is 19.1 Å². The lowest BCUT2D eigenvalue weighted by molar-refractivity contribution is -0.143. The SMILES string of the molecule is CCc1occc1C(=O)NC1CCCCC1C(=O)O. The molecule has 1 aliphatic carbocycles. The fraction of sp³-hybridized carbons (Fsp3) is 0.571. The minimum absolute atomic E-state index is 0.233. The molecule has 1 amide bonds. The molecule has 0 saturated heterocycles. The molecule has 5 heteroatoms. The van der Waals surface area contributed by atoms with Crippen LogP contribution in [0.5, 0.6) is 0 Å². The van der Waals surface area contributed by atoms with Crippen molar-refractivity contribution >= 4 is 11.9 Å². The summed E-state index contributed by atoms with van der Waals surface area (Å²) in [6.45, 7) is 1.91. The van der Waals surface area contributed by atoms with Gasteiger partial charge >= 0.3 is 5.97 Å². The molecule has 0 spiro atoms. The molecule has 0 aromatic carbocycles. The molecule has 19 heavy (non-hydrogen) atoms. The van der Waals surface area contributed by atoms with Crippen LogP contribution in [0.3, 0.4) is 0 Å². The van der Waals surface area contributed by atoms with Gasteiger partial charge in [0.05, 0.1) is 17.7 Å². The van der Waals surface area contributed by atoms with Gasteiger partial charge < -0.3 is 14.8 Å². The number of nitrogens with one attached hydrogen (secondary N) is 1. The van der Waals surface area contributed by atoms with E-state index in [1.54, 1.807) is 6.07 Å². The molecule has 0 aliphatic heterocycles. The molecule has 1 fully saturated rings. The van der Waals surface area contributed by atoms with Gasteiger partial charge in [0.25, 0.3) is 5.91 Å². The average Bonchev–Trinajstić information content (AvgIpc) is 2.87. The summed E-state index contributed by atoms with van der Waals surface area (Å²) in [5.74, 6) is -0.897. The van der Waals surface area contributed by atoms with E-state index in [1.165, 1.54) is 6.26 Å². The van der Waals surface area contributed by atoms with Crippen LogP contribution in [-0.4, -0.2) is 23.0 Å². The molecule has 2 unspecified atom stereocenters. The Hall–Kier alpha value is -1.78. The predicted octanol–water partition coefficient (Wildman–Crippen LogP) is 2.22. The molecule has 2 atom stereocenters. The fourth-order valence-electron chi connectivity index (χ4n) is 2.66. The number of carboxylic acids is 1. The van der Waals surface area contributed by atoms with Crippen molar-refractivity contribution in [3.8, 4) is 0 Å². The van der Waals surface area contributed by atoms with E-state index in [9.17, 15) is 14.7 Å². The van der Waals surface area contributed by atoms with Gasteiger partial charge in [0.1, 0.15) is 5.76 Å². The maximum Gasteiger partial charge on any atom is 0.308 e. The molecule has 1 aliphatic rings. The van der Waals surface area contributed by atoms with Gasteiger partial charge in [-0.1, -0.05) is 19.8 Å². The van der Waals surface area contributed by atoms with Crippen LogP contribution >= 0.6 is 0 Å². The number of rotatable bonds is 4. The minimum atomic E-state index is -0.826. The second kappa shape index (κ2) is 5.91. The van der Waals surface area contributed by atoms with Gasteiger partial charge in [-0.05, 0) is 18.9 Å². The van der Waals surface area contributed by atoms with Crippen molar-refractivity contribution in [3.05, 3.63) is 23.7 Å². The Morgan fingerprint density at radius 1 is 1.42 bits per heavy atom. The number of carbonyl (C=O) groups excluding carboxylic acids is 1. The maximum atomic E-state index is 12.2. The predicted molar refractivity (Wildman–Crippen MR) is 68.9 cm³/mol. The molecule has 2 rings (SSSR count). The van der Waals surface area contributed by atoms with Gasteiger partial charge in [0.15, 0.2) is 0 Å². The van der Waals surface area contributed by atoms with Crippen LogP contribution in [0.2, 0.25) is 0 Å². The van der Waals surface area contributed by atoms with Crippen LogP contribution < -0.4 is 5.32 Å². The lowest BCUT2D eigenvalue weighted by Gasteiger charge is -2.29. The first-order valence-electron chi connectivity index (χ1n) is 6.73. The lowest BCUT2D eigenvalue weighted by Crippen LogP contribution is -2.45.